The van der Waals surface area contributed by atoms with E-state index in [4.69, 9.17) is 4.74 Å². The number of ether oxygens (including phenoxy) is 1. The van der Waals surface area contributed by atoms with Crippen molar-refractivity contribution in [2.75, 3.05) is 75.1 Å². The minimum absolute atomic E-state index is 0.00772. The normalized spacial score (nSPS) is 33.9. The lowest BCUT2D eigenvalue weighted by molar-refractivity contribution is -0.219. The van der Waals surface area contributed by atoms with Crippen LogP contribution in [0.3, 0.4) is 0 Å². The number of carbonyl (C=O) groups excluding carboxylic acids is 11. The van der Waals surface area contributed by atoms with Crippen molar-refractivity contribution in [3.05, 3.63) is 12.2 Å². The van der Waals surface area contributed by atoms with Crippen LogP contribution >= 0.6 is 0 Å². The molecular formula is C72H111F6N11O12. The number of hydrogen-bond donors (Lipinski definition) is 3. The number of nitrogens with zero attached hydrogens (tertiary/aromatic N) is 8. The van der Waals surface area contributed by atoms with Gasteiger partial charge in [-0.1, -0.05) is 58.1 Å². The highest BCUT2D eigenvalue weighted by Gasteiger charge is 2.56. The number of nitrogens with one attached hydrogen (secondary N) is 3. The van der Waals surface area contributed by atoms with Crippen LogP contribution in [0.1, 0.15) is 182 Å². The third-order valence-electron chi connectivity index (χ3n) is 23.5. The van der Waals surface area contributed by atoms with Gasteiger partial charge in [-0.05, 0) is 153 Å². The highest BCUT2D eigenvalue weighted by molar-refractivity contribution is 6.00. The van der Waals surface area contributed by atoms with Gasteiger partial charge in [0.1, 0.15) is 72.3 Å². The first-order valence-corrected chi connectivity index (χ1v) is 37.0. The number of hydrogen-bond acceptors (Lipinski definition) is 12. The monoisotopic (exact) mass is 1440 g/mol. The van der Waals surface area contributed by atoms with E-state index in [0.29, 0.717) is 44.9 Å². The highest BCUT2D eigenvalue weighted by atomic mass is 19.4. The van der Waals surface area contributed by atoms with E-state index in [-0.39, 0.29) is 102 Å². The number of halogens is 6. The van der Waals surface area contributed by atoms with Gasteiger partial charge in [0.2, 0.25) is 65.0 Å². The van der Waals surface area contributed by atoms with Gasteiger partial charge in [0, 0.05) is 80.9 Å². The summed E-state index contributed by atoms with van der Waals surface area (Å²) in [6.07, 6.45) is -3.76. The SMILES string of the molecule is CCO[C@@H]1C[C@H]2C(=O)NC3(CCC3)C(=O)N(C)[C@@H](C3CCCC3)C(=O)N(C)[C@H](C)CC(=O)N(C)[C@@H](CC3CC3)C(=O)N[C@@H]([C@@H](C)CC)C(=O)N(C)CC(=O)N(C)[C@H]3C/C=C\CCN(C3=O)[C@@H](CC3CCC(F)CC3)C(=O)N(C)CC(=O)N[C@@H](CCC3CC(F)C(C(F)(F)F)C(F)C3)C(=O)N2C1. The Balaban J connectivity index is 1.16. The fourth-order valence-corrected chi connectivity index (χ4v) is 16.5. The fourth-order valence-electron chi connectivity index (χ4n) is 16.5. The van der Waals surface area contributed by atoms with Crippen LogP contribution in [-0.2, 0) is 57.5 Å². The second-order valence-corrected chi connectivity index (χ2v) is 30.7. The van der Waals surface area contributed by atoms with Crippen LogP contribution in [0.5, 0.6) is 0 Å². The van der Waals surface area contributed by atoms with Crippen LogP contribution in [0.15, 0.2) is 12.2 Å². The Hall–Kier alpha value is -6.55. The van der Waals surface area contributed by atoms with Gasteiger partial charge in [0.25, 0.3) is 0 Å². The summed E-state index contributed by atoms with van der Waals surface area (Å²) in [6, 6.07) is -9.53. The maximum atomic E-state index is 15.4. The molecule has 29 heteroatoms. The van der Waals surface area contributed by atoms with Crippen LogP contribution in [0.2, 0.25) is 0 Å². The molecule has 5 aliphatic carbocycles. The van der Waals surface area contributed by atoms with E-state index < -0.39 is 200 Å². The van der Waals surface area contributed by atoms with Crippen molar-refractivity contribution in [1.29, 1.82) is 0 Å². The third-order valence-corrected chi connectivity index (χ3v) is 23.5. The van der Waals surface area contributed by atoms with Crippen molar-refractivity contribution in [1.82, 2.24) is 55.1 Å². The Morgan fingerprint density at radius 3 is 1.81 bits per heavy atom. The smallest absolute Gasteiger partial charge is 0.377 e. The Bertz CT molecular complexity index is 2990. The zero-order valence-electron chi connectivity index (χ0n) is 60.8. The fraction of sp³-hybridized carbons (Fsp3) is 0.819. The molecule has 3 heterocycles. The van der Waals surface area contributed by atoms with Crippen molar-refractivity contribution in [2.45, 2.75) is 266 Å². The van der Waals surface area contributed by atoms with E-state index in [1.165, 1.54) is 69.5 Å². The van der Waals surface area contributed by atoms with Crippen LogP contribution < -0.4 is 16.0 Å². The molecule has 0 aromatic rings. The second kappa shape index (κ2) is 34.8. The first-order chi connectivity index (χ1) is 47.7. The molecule has 568 valence electrons. The molecule has 3 aliphatic heterocycles. The Morgan fingerprint density at radius 1 is 0.614 bits per heavy atom. The van der Waals surface area contributed by atoms with Crippen molar-refractivity contribution in [2.24, 2.45) is 35.5 Å². The number of rotatable bonds is 12. The predicted octanol–water partition coefficient (Wildman–Crippen LogP) is 6.20. The van der Waals surface area contributed by atoms with Crippen molar-refractivity contribution in [3.63, 3.8) is 0 Å². The van der Waals surface area contributed by atoms with Gasteiger partial charge in [-0.3, -0.25) is 52.7 Å². The summed E-state index contributed by atoms with van der Waals surface area (Å²) in [7, 11) is 8.69. The standard InChI is InChI=1S/C72H111F6N11O12/c1-11-42(3)61-68(98)83(6)41-59(92)85(8)53-21-14-13-17-32-88(67(53)97)56(37-45-24-27-48(73)28-25-45)66(96)82(5)40-57(90)79-52(29-26-46-34-50(74)60(51(75)35-46)72(76,77)78)65(95)89-39-49(101-12-2)38-55(89)64(94)81-71(30-18-31-71)70(100)87(10)62(47-19-15-16-20-47)69(99)84(7)43(4)33-58(91)86(9)54(63(93)80-61)36-44-22-23-44/h13-14,42-56,60-62H,11-12,15-41H2,1-10H3,(H,79,90)(H,80,93)(H,81,94)/b14-13-/t42-,43+,45?,46?,48?,49+,50?,51?,52-,53-,54-,55-,56-,60?,61-,62-/m0/s1. The minimum atomic E-state index is -5.17. The molecule has 101 heavy (non-hydrogen) atoms. The van der Waals surface area contributed by atoms with E-state index in [0.717, 1.165) is 30.6 Å². The van der Waals surface area contributed by atoms with Gasteiger partial charge < -0.3 is 59.9 Å². The summed E-state index contributed by atoms with van der Waals surface area (Å²) < 4.78 is 93.3. The maximum absolute atomic E-state index is 15.4. The predicted molar refractivity (Wildman–Crippen MR) is 361 cm³/mol. The molecule has 2 unspecified atom stereocenters. The van der Waals surface area contributed by atoms with E-state index in [1.807, 2.05) is 6.92 Å². The number of carbonyl (C=O) groups is 11. The second-order valence-electron chi connectivity index (χ2n) is 30.7. The molecule has 8 aliphatic rings. The zero-order valence-corrected chi connectivity index (χ0v) is 60.8. The quantitative estimate of drug-likeness (QED) is 0.146. The number of likely N-dealkylation sites (N-methyl/N-ethyl adjacent to an activating group) is 6. The van der Waals surface area contributed by atoms with E-state index in [9.17, 15) is 41.5 Å². The molecule has 0 aromatic heterocycles. The summed E-state index contributed by atoms with van der Waals surface area (Å²) in [6.45, 7) is 5.61. The molecule has 0 radical (unpaired) electrons. The van der Waals surface area contributed by atoms with Crippen LogP contribution in [0.25, 0.3) is 0 Å². The summed E-state index contributed by atoms with van der Waals surface area (Å²) in [5.74, 6) is -12.1. The topological polar surface area (TPSA) is 259 Å². The number of alkyl halides is 6. The lowest BCUT2D eigenvalue weighted by atomic mass is 9.74. The largest absolute Gasteiger partial charge is 0.397 e. The Labute approximate surface area is 591 Å². The van der Waals surface area contributed by atoms with Gasteiger partial charge >= 0.3 is 6.18 Å². The first kappa shape index (κ1) is 80.1. The molecule has 3 N–H and O–H groups in total. The van der Waals surface area contributed by atoms with Crippen LogP contribution in [0.4, 0.5) is 26.3 Å². The lowest BCUT2D eigenvalue weighted by Crippen LogP contribution is -2.68. The van der Waals surface area contributed by atoms with Crippen molar-refractivity contribution in [3.8, 4) is 0 Å². The molecule has 5 saturated carbocycles. The van der Waals surface area contributed by atoms with Crippen molar-refractivity contribution < 1.29 is 83.8 Å². The molecule has 8 rings (SSSR count). The Kier molecular flexibility index (Phi) is 27.6. The maximum Gasteiger partial charge on any atom is 0.397 e. The summed E-state index contributed by atoms with van der Waals surface area (Å²) in [5, 5.41) is 8.61. The van der Waals surface area contributed by atoms with Gasteiger partial charge in [0.15, 0.2) is 0 Å². The summed E-state index contributed by atoms with van der Waals surface area (Å²) in [4.78, 5) is 175. The molecule has 12 atom stereocenters. The molecule has 11 amide bonds. The molecule has 1 spiro atoms. The zero-order chi connectivity index (χ0) is 74.1. The Morgan fingerprint density at radius 2 is 1.23 bits per heavy atom. The minimum Gasteiger partial charge on any atom is -0.377 e. The molecule has 0 aromatic carbocycles. The molecular weight excluding hydrogens is 1320 g/mol. The average molecular weight is 1440 g/mol. The van der Waals surface area contributed by atoms with Gasteiger partial charge in [-0.15, -0.1) is 0 Å². The lowest BCUT2D eigenvalue weighted by Gasteiger charge is -2.46. The van der Waals surface area contributed by atoms with E-state index in [2.05, 4.69) is 16.0 Å². The summed E-state index contributed by atoms with van der Waals surface area (Å²) in [5.41, 5.74) is -1.56. The number of fused-ring (bicyclic) bond motifs is 3. The molecule has 2 saturated heterocycles. The average Bonchev–Trinajstić information content (AvgIpc) is 1.37. The van der Waals surface area contributed by atoms with E-state index >= 15 is 37.5 Å². The van der Waals surface area contributed by atoms with Crippen molar-refractivity contribution >= 4 is 65.0 Å². The molecule has 2 bridgehead atoms. The van der Waals surface area contributed by atoms with Gasteiger partial charge in [0.05, 0.1) is 19.2 Å². The van der Waals surface area contributed by atoms with Crippen LogP contribution in [-0.4, -0.2) is 264 Å². The first-order valence-electron chi connectivity index (χ1n) is 37.0. The molecule has 7 fully saturated rings. The number of amides is 11. The summed E-state index contributed by atoms with van der Waals surface area (Å²) >= 11 is 0. The van der Waals surface area contributed by atoms with Gasteiger partial charge in [-0.25, -0.2) is 13.2 Å². The van der Waals surface area contributed by atoms with Crippen LogP contribution in [0, 0.1) is 35.5 Å². The van der Waals surface area contributed by atoms with E-state index in [1.54, 1.807) is 40.0 Å². The third kappa shape index (κ3) is 19.5. The molecule has 23 nitrogen and oxygen atoms in total. The highest BCUT2D eigenvalue weighted by Crippen LogP contribution is 2.45. The van der Waals surface area contributed by atoms with Gasteiger partial charge in [-0.2, -0.15) is 13.2 Å².